The van der Waals surface area contributed by atoms with Crippen LogP contribution in [0.15, 0.2) is 5.11 Å². The highest BCUT2D eigenvalue weighted by atomic mass is 16.6. The molecule has 0 aromatic heterocycles. The van der Waals surface area contributed by atoms with Gasteiger partial charge in [0.2, 0.25) is 0 Å². The van der Waals surface area contributed by atoms with Crippen LogP contribution in [-0.4, -0.2) is 19.9 Å². The summed E-state index contributed by atoms with van der Waals surface area (Å²) in [5, 5.41) is 5.14. The van der Waals surface area contributed by atoms with Crippen molar-refractivity contribution in [1.29, 1.82) is 0 Å². The molecule has 50 valence electrons. The summed E-state index contributed by atoms with van der Waals surface area (Å²) in [5.74, 6) is 0. The highest BCUT2D eigenvalue weighted by Gasteiger charge is 1.91. The van der Waals surface area contributed by atoms with Crippen molar-refractivity contribution >= 4 is 6.09 Å². The van der Waals surface area contributed by atoms with Crippen LogP contribution in [0.2, 0.25) is 0 Å². The molecule has 0 fully saturated rings. The minimum Gasteiger partial charge on any atom is -0.443 e. The van der Waals surface area contributed by atoms with E-state index in [2.05, 4.69) is 20.1 Å². The van der Waals surface area contributed by atoms with Gasteiger partial charge in [0.1, 0.15) is 0 Å². The van der Waals surface area contributed by atoms with Gasteiger partial charge in [0.15, 0.2) is 6.73 Å². The van der Waals surface area contributed by atoms with Crippen molar-refractivity contribution in [1.82, 2.24) is 5.32 Å². The molecule has 0 spiro atoms. The van der Waals surface area contributed by atoms with Gasteiger partial charge in [0, 0.05) is 12.0 Å². The molecule has 0 unspecified atom stereocenters. The minimum absolute atomic E-state index is 0.268. The van der Waals surface area contributed by atoms with E-state index in [1.807, 2.05) is 0 Å². The van der Waals surface area contributed by atoms with Gasteiger partial charge in [-0.25, -0.2) is 4.79 Å². The first kappa shape index (κ1) is 7.58. The first-order valence-corrected chi connectivity index (χ1v) is 2.16. The van der Waals surface area contributed by atoms with Gasteiger partial charge in [0.25, 0.3) is 0 Å². The van der Waals surface area contributed by atoms with Gasteiger partial charge in [-0.3, -0.25) is 0 Å². The van der Waals surface area contributed by atoms with Crippen molar-refractivity contribution in [2.24, 2.45) is 5.11 Å². The van der Waals surface area contributed by atoms with E-state index >= 15 is 0 Å². The van der Waals surface area contributed by atoms with E-state index in [1.165, 1.54) is 7.05 Å². The Bertz CT molecular complexity index is 139. The number of amides is 1. The second-order valence-electron chi connectivity index (χ2n) is 1.04. The van der Waals surface area contributed by atoms with Crippen LogP contribution in [0.1, 0.15) is 0 Å². The Kier molecular flexibility index (Phi) is 3.99. The van der Waals surface area contributed by atoms with Crippen molar-refractivity contribution in [3.63, 3.8) is 0 Å². The zero-order valence-corrected chi connectivity index (χ0v) is 4.87. The summed E-state index contributed by atoms with van der Waals surface area (Å²) in [4.78, 5) is 12.5. The van der Waals surface area contributed by atoms with Crippen molar-refractivity contribution in [2.75, 3.05) is 13.8 Å². The van der Waals surface area contributed by atoms with Crippen LogP contribution >= 0.6 is 0 Å². The number of hydrogen-bond acceptors (Lipinski definition) is 3. The molecule has 0 rings (SSSR count). The predicted octanol–water partition coefficient (Wildman–Crippen LogP) is 0.610. The standard InChI is InChI=1S/C3H6N4O2/c1-5-3(8)9-2-6-7-4/h2H2,1H3,(H,5,8). The van der Waals surface area contributed by atoms with E-state index in [1.54, 1.807) is 0 Å². The quantitative estimate of drug-likeness (QED) is 0.337. The Balaban J connectivity index is 3.27. The van der Waals surface area contributed by atoms with E-state index in [0.29, 0.717) is 0 Å². The summed E-state index contributed by atoms with van der Waals surface area (Å²) in [6.07, 6.45) is -0.609. The molecule has 0 aliphatic heterocycles. The maximum atomic E-state index is 10.2. The molecule has 0 saturated carbocycles. The van der Waals surface area contributed by atoms with Crippen molar-refractivity contribution in [3.05, 3.63) is 10.4 Å². The van der Waals surface area contributed by atoms with Crippen LogP contribution in [0, 0.1) is 0 Å². The molecule has 0 saturated heterocycles. The van der Waals surface area contributed by atoms with Crippen molar-refractivity contribution in [2.45, 2.75) is 0 Å². The summed E-state index contributed by atoms with van der Waals surface area (Å²) in [5.41, 5.74) is 7.70. The SMILES string of the molecule is CNC(=O)OCN=[N+]=[N-]. The van der Waals surface area contributed by atoms with Gasteiger partial charge < -0.3 is 10.1 Å². The molecular formula is C3H6N4O2. The number of ether oxygens (including phenoxy) is 1. The van der Waals surface area contributed by atoms with Crippen LogP contribution in [0.3, 0.4) is 0 Å². The highest BCUT2D eigenvalue weighted by Crippen LogP contribution is 1.76. The lowest BCUT2D eigenvalue weighted by Gasteiger charge is -1.95. The number of hydrogen-bond donors (Lipinski definition) is 1. The maximum Gasteiger partial charge on any atom is 0.406 e. The zero-order chi connectivity index (χ0) is 7.11. The largest absolute Gasteiger partial charge is 0.443 e. The fourth-order valence-corrected chi connectivity index (χ4v) is 0.185. The van der Waals surface area contributed by atoms with Gasteiger partial charge in [-0.1, -0.05) is 5.11 Å². The Morgan fingerprint density at radius 3 is 3.11 bits per heavy atom. The number of carbonyl (C=O) groups excluding carboxylic acids is 1. The minimum atomic E-state index is -0.609. The molecule has 6 nitrogen and oxygen atoms in total. The molecule has 9 heavy (non-hydrogen) atoms. The van der Waals surface area contributed by atoms with E-state index in [0.717, 1.165) is 0 Å². The first-order valence-electron chi connectivity index (χ1n) is 2.16. The molecule has 0 bridgehead atoms. The molecule has 0 aromatic carbocycles. The molecule has 0 aliphatic rings. The molecule has 0 radical (unpaired) electrons. The summed E-state index contributed by atoms with van der Waals surface area (Å²) >= 11 is 0. The Morgan fingerprint density at radius 2 is 2.67 bits per heavy atom. The molecule has 6 heteroatoms. The molecule has 1 N–H and O–H groups in total. The number of azide groups is 1. The number of carbonyl (C=O) groups is 1. The second-order valence-corrected chi connectivity index (χ2v) is 1.04. The summed E-state index contributed by atoms with van der Waals surface area (Å²) in [7, 11) is 1.42. The number of nitrogens with one attached hydrogen (secondary N) is 1. The summed E-state index contributed by atoms with van der Waals surface area (Å²) in [6, 6.07) is 0. The van der Waals surface area contributed by atoms with E-state index in [9.17, 15) is 4.79 Å². The van der Waals surface area contributed by atoms with Crippen molar-refractivity contribution in [3.8, 4) is 0 Å². The highest BCUT2D eigenvalue weighted by molar-refractivity contribution is 5.66. The summed E-state index contributed by atoms with van der Waals surface area (Å²) < 4.78 is 4.26. The van der Waals surface area contributed by atoms with E-state index < -0.39 is 6.09 Å². The van der Waals surface area contributed by atoms with E-state index in [4.69, 9.17) is 5.53 Å². The third kappa shape index (κ3) is 4.43. The van der Waals surface area contributed by atoms with Crippen LogP contribution in [0.25, 0.3) is 10.4 Å². The lowest BCUT2D eigenvalue weighted by Crippen LogP contribution is -2.18. The molecule has 0 aromatic rings. The van der Waals surface area contributed by atoms with E-state index in [-0.39, 0.29) is 6.73 Å². The van der Waals surface area contributed by atoms with Crippen molar-refractivity contribution < 1.29 is 9.53 Å². The molecular weight excluding hydrogens is 124 g/mol. The van der Waals surface area contributed by atoms with Crippen LogP contribution in [0.5, 0.6) is 0 Å². The fourth-order valence-electron chi connectivity index (χ4n) is 0.185. The van der Waals surface area contributed by atoms with Gasteiger partial charge in [-0.2, -0.15) is 0 Å². The monoisotopic (exact) mass is 130 g/mol. The van der Waals surface area contributed by atoms with Crippen LogP contribution < -0.4 is 5.32 Å². The molecule has 0 atom stereocenters. The normalized spacial score (nSPS) is 7.22. The average molecular weight is 130 g/mol. The van der Waals surface area contributed by atoms with Gasteiger partial charge >= 0.3 is 6.09 Å². The Labute approximate surface area is 51.4 Å². The average Bonchev–Trinajstić information content (AvgIpc) is 1.89. The summed E-state index contributed by atoms with van der Waals surface area (Å²) in [6.45, 7) is -0.268. The van der Waals surface area contributed by atoms with Crippen LogP contribution in [0.4, 0.5) is 4.79 Å². The second kappa shape index (κ2) is 4.73. The van der Waals surface area contributed by atoms with Gasteiger partial charge in [-0.15, -0.1) is 0 Å². The third-order valence-corrected chi connectivity index (χ3v) is 0.521. The molecule has 1 amide bonds. The number of rotatable bonds is 2. The Morgan fingerprint density at radius 1 is 2.00 bits per heavy atom. The first-order chi connectivity index (χ1) is 4.31. The predicted molar refractivity (Wildman–Crippen MR) is 29.6 cm³/mol. The maximum absolute atomic E-state index is 10.2. The fraction of sp³-hybridized carbons (Fsp3) is 0.667. The topological polar surface area (TPSA) is 87.1 Å². The lowest BCUT2D eigenvalue weighted by molar-refractivity contribution is 0.151. The zero-order valence-electron chi connectivity index (χ0n) is 4.87. The smallest absolute Gasteiger partial charge is 0.406 e. The van der Waals surface area contributed by atoms with Gasteiger partial charge in [0.05, 0.1) is 0 Å². The number of alkyl carbamates (subject to hydrolysis) is 1. The van der Waals surface area contributed by atoms with Gasteiger partial charge in [-0.05, 0) is 5.53 Å². The van der Waals surface area contributed by atoms with Crippen LogP contribution in [-0.2, 0) is 4.74 Å². The lowest BCUT2D eigenvalue weighted by atomic mass is 11.1. The third-order valence-electron chi connectivity index (χ3n) is 0.521. The number of nitrogens with zero attached hydrogens (tertiary/aromatic N) is 3. The molecule has 0 aliphatic carbocycles. The molecule has 0 heterocycles. The Hall–Kier alpha value is -1.42.